The van der Waals surface area contributed by atoms with Gasteiger partial charge in [0.2, 0.25) is 0 Å². The molecule has 0 radical (unpaired) electrons. The van der Waals surface area contributed by atoms with Crippen LogP contribution in [-0.4, -0.2) is 36.1 Å². The van der Waals surface area contributed by atoms with Crippen LogP contribution in [0.2, 0.25) is 0 Å². The number of rotatable bonds is 9. The third kappa shape index (κ3) is 5.71. The second kappa shape index (κ2) is 10.3. The molecule has 1 aliphatic carbocycles. The maximum Gasteiger partial charge on any atom is 0.336 e. The van der Waals surface area contributed by atoms with Crippen molar-refractivity contribution in [2.75, 3.05) is 0 Å². The van der Waals surface area contributed by atoms with Crippen LogP contribution < -0.4 is 0 Å². The molecule has 8 heteroatoms. The third-order valence-corrected chi connectivity index (χ3v) is 6.42. The number of hydrogen-bond donors (Lipinski definition) is 1. The van der Waals surface area contributed by atoms with Crippen LogP contribution in [0, 0.1) is 11.8 Å². The molecule has 1 aromatic rings. The van der Waals surface area contributed by atoms with E-state index in [0.717, 1.165) is 38.5 Å². The van der Waals surface area contributed by atoms with Gasteiger partial charge in [-0.1, -0.05) is 30.3 Å². The van der Waals surface area contributed by atoms with Gasteiger partial charge >= 0.3 is 6.35 Å². The van der Waals surface area contributed by atoms with E-state index in [1.807, 2.05) is 6.07 Å². The van der Waals surface area contributed by atoms with Crippen molar-refractivity contribution >= 4 is 34.1 Å². The highest BCUT2D eigenvalue weighted by molar-refractivity contribution is 7.92. The molecular weight excluding hydrogens is 384 g/mol. The lowest BCUT2D eigenvalue weighted by molar-refractivity contribution is -0.0942. The van der Waals surface area contributed by atoms with Crippen LogP contribution in [0.15, 0.2) is 30.3 Å². The molecule has 144 valence electrons. The minimum Gasteiger partial charge on any atom is -0.425 e. The molecule has 0 aromatic heterocycles. The zero-order valence-electron chi connectivity index (χ0n) is 15.1. The van der Waals surface area contributed by atoms with Gasteiger partial charge in [0.1, 0.15) is 0 Å². The number of ether oxygens (including phenoxy) is 1. The fourth-order valence-corrected chi connectivity index (χ4v) is 5.17. The summed E-state index contributed by atoms with van der Waals surface area (Å²) in [7, 11) is 7.80. The molecule has 0 amide bonds. The van der Waals surface area contributed by atoms with Crippen molar-refractivity contribution in [3.8, 4) is 0 Å². The first-order chi connectivity index (χ1) is 12.6. The summed E-state index contributed by atoms with van der Waals surface area (Å²) in [6, 6.07) is 10.5. The fraction of sp³-hybridized carbons (Fsp3) is 0.667. The Hall–Kier alpha value is 0.415. The molecule has 1 saturated carbocycles. The van der Waals surface area contributed by atoms with Crippen LogP contribution in [0.3, 0.4) is 0 Å². The summed E-state index contributed by atoms with van der Waals surface area (Å²) in [6.45, 7) is 0. The fourth-order valence-electron chi connectivity index (χ4n) is 4.49. The van der Waals surface area contributed by atoms with Gasteiger partial charge in [-0.3, -0.25) is 0 Å². The highest BCUT2D eigenvalue weighted by atomic mass is 31.1. The van der Waals surface area contributed by atoms with Gasteiger partial charge in [-0.05, 0) is 49.5 Å². The van der Waals surface area contributed by atoms with E-state index in [2.05, 4.69) is 52.0 Å². The molecule has 3 rings (SSSR count). The van der Waals surface area contributed by atoms with Crippen LogP contribution in [0.25, 0.3) is 0 Å². The molecule has 1 aromatic carbocycles. The SMILES string of the molecule is OC1CC2C(CC(OB(P)P)C2CCC(CCc2ccccc2)OP)O1. The minimum absolute atomic E-state index is 0.0538. The van der Waals surface area contributed by atoms with E-state index in [0.29, 0.717) is 11.8 Å². The normalized spacial score (nSPS) is 31.8. The zero-order chi connectivity index (χ0) is 18.5. The molecule has 9 unspecified atom stereocenters. The lowest BCUT2D eigenvalue weighted by Crippen LogP contribution is -2.27. The first kappa shape index (κ1) is 21.1. The Kier molecular flexibility index (Phi) is 8.34. The zero-order valence-corrected chi connectivity index (χ0v) is 18.5. The van der Waals surface area contributed by atoms with Crippen LogP contribution >= 0.6 is 27.7 Å². The maximum atomic E-state index is 9.86. The summed E-state index contributed by atoms with van der Waals surface area (Å²) in [4.78, 5) is 0. The van der Waals surface area contributed by atoms with Crippen molar-refractivity contribution < 1.29 is 19.0 Å². The summed E-state index contributed by atoms with van der Waals surface area (Å²) in [5, 5.41) is 9.86. The second-order valence-electron chi connectivity index (χ2n) is 7.43. The Morgan fingerprint density at radius 1 is 1.19 bits per heavy atom. The van der Waals surface area contributed by atoms with Crippen molar-refractivity contribution in [2.24, 2.45) is 11.8 Å². The van der Waals surface area contributed by atoms with E-state index in [1.165, 1.54) is 5.56 Å². The highest BCUT2D eigenvalue weighted by Gasteiger charge is 2.49. The lowest BCUT2D eigenvalue weighted by Gasteiger charge is -2.27. The highest BCUT2D eigenvalue weighted by Crippen LogP contribution is 2.46. The molecular formula is C18H30BO4P3. The van der Waals surface area contributed by atoms with Gasteiger partial charge in [0, 0.05) is 22.0 Å². The first-order valence-corrected chi connectivity index (χ1v) is 11.3. The molecule has 1 saturated heterocycles. The van der Waals surface area contributed by atoms with E-state index in [9.17, 15) is 5.11 Å². The van der Waals surface area contributed by atoms with Crippen molar-refractivity contribution in [1.29, 1.82) is 0 Å². The average molecular weight is 414 g/mol. The van der Waals surface area contributed by atoms with Crippen LogP contribution in [0.1, 0.15) is 37.7 Å². The van der Waals surface area contributed by atoms with Crippen LogP contribution in [-0.2, 0) is 20.3 Å². The monoisotopic (exact) mass is 414 g/mol. The van der Waals surface area contributed by atoms with E-state index in [4.69, 9.17) is 13.9 Å². The Morgan fingerprint density at radius 2 is 1.96 bits per heavy atom. The lowest BCUT2D eigenvalue weighted by atomic mass is 9.86. The molecule has 1 N–H and O–H groups in total. The van der Waals surface area contributed by atoms with Gasteiger partial charge < -0.3 is 19.0 Å². The van der Waals surface area contributed by atoms with Crippen LogP contribution in [0.4, 0.5) is 0 Å². The van der Waals surface area contributed by atoms with Gasteiger partial charge in [-0.25, -0.2) is 0 Å². The Morgan fingerprint density at radius 3 is 2.65 bits per heavy atom. The Labute approximate surface area is 164 Å². The van der Waals surface area contributed by atoms with Crippen LogP contribution in [0.5, 0.6) is 0 Å². The Bertz CT molecular complexity index is 550. The molecule has 0 spiro atoms. The molecule has 2 fully saturated rings. The van der Waals surface area contributed by atoms with Gasteiger partial charge in [-0.2, -0.15) is 0 Å². The first-order valence-electron chi connectivity index (χ1n) is 9.46. The standard InChI is InChI=1S/C18H30BO4P3/c20-18-10-15-14(17(22-19(24)25)11-16(15)21-18)9-8-13(23-26)7-6-12-4-2-1-3-5-12/h1-5,13-18,20H,6-11,24-26H2. The minimum atomic E-state index is -0.608. The number of fused-ring (bicyclic) bond motifs is 1. The predicted octanol–water partition coefficient (Wildman–Crippen LogP) is 3.44. The summed E-state index contributed by atoms with van der Waals surface area (Å²) >= 11 is 0. The quantitative estimate of drug-likeness (QED) is 0.497. The summed E-state index contributed by atoms with van der Waals surface area (Å²) in [6.07, 6.45) is 5.66. The van der Waals surface area contributed by atoms with Gasteiger partial charge in [-0.15, -0.1) is 18.2 Å². The number of aryl methyl sites for hydroxylation is 1. The second-order valence-corrected chi connectivity index (χ2v) is 9.78. The number of aliphatic hydroxyl groups excluding tert-OH is 1. The average Bonchev–Trinajstić information content (AvgIpc) is 3.11. The van der Waals surface area contributed by atoms with E-state index in [-0.39, 0.29) is 24.7 Å². The third-order valence-electron chi connectivity index (χ3n) is 5.72. The summed E-state index contributed by atoms with van der Waals surface area (Å²) in [5.74, 6) is 0.808. The largest absolute Gasteiger partial charge is 0.425 e. The smallest absolute Gasteiger partial charge is 0.336 e. The molecule has 0 bridgehead atoms. The molecule has 26 heavy (non-hydrogen) atoms. The van der Waals surface area contributed by atoms with Crippen molar-refractivity contribution in [3.63, 3.8) is 0 Å². The van der Waals surface area contributed by atoms with Gasteiger partial charge in [0.25, 0.3) is 0 Å². The van der Waals surface area contributed by atoms with E-state index >= 15 is 0 Å². The van der Waals surface area contributed by atoms with Gasteiger partial charge in [0.15, 0.2) is 6.29 Å². The van der Waals surface area contributed by atoms with Crippen molar-refractivity contribution in [1.82, 2.24) is 0 Å². The number of hydrogen-bond acceptors (Lipinski definition) is 4. The molecule has 1 heterocycles. The van der Waals surface area contributed by atoms with Gasteiger partial charge in [0.05, 0.1) is 12.2 Å². The van der Waals surface area contributed by atoms with Crippen molar-refractivity contribution in [3.05, 3.63) is 35.9 Å². The maximum absolute atomic E-state index is 9.86. The Balaban J connectivity index is 1.54. The summed E-state index contributed by atoms with van der Waals surface area (Å²) in [5.41, 5.74) is 1.35. The summed E-state index contributed by atoms with van der Waals surface area (Å²) < 4.78 is 17.5. The predicted molar refractivity (Wildman–Crippen MR) is 116 cm³/mol. The van der Waals surface area contributed by atoms with E-state index < -0.39 is 6.29 Å². The van der Waals surface area contributed by atoms with Crippen molar-refractivity contribution in [2.45, 2.75) is 63.1 Å². The molecule has 2 aliphatic rings. The number of benzene rings is 1. The topological polar surface area (TPSA) is 47.9 Å². The molecule has 4 nitrogen and oxygen atoms in total. The molecule has 9 atom stereocenters. The molecule has 1 aliphatic heterocycles. The number of aliphatic hydroxyl groups is 1. The van der Waals surface area contributed by atoms with E-state index in [1.54, 1.807) is 0 Å².